The molecule has 0 spiro atoms. The number of aromatic nitrogens is 1. The van der Waals surface area contributed by atoms with E-state index in [0.29, 0.717) is 24.6 Å². The SMILES string of the molecule is CCNC(=NCC(O)c1ccc(OC(F)(F)F)cc1)NCCc1csc(C)n1.I. The van der Waals surface area contributed by atoms with Gasteiger partial charge in [-0.05, 0) is 31.5 Å². The van der Waals surface area contributed by atoms with Gasteiger partial charge in [0, 0.05) is 24.9 Å². The van der Waals surface area contributed by atoms with E-state index in [0.717, 1.165) is 29.3 Å². The molecule has 29 heavy (non-hydrogen) atoms. The number of benzene rings is 1. The van der Waals surface area contributed by atoms with Crippen LogP contribution in [0, 0.1) is 6.92 Å². The zero-order valence-electron chi connectivity index (χ0n) is 16.0. The first-order valence-electron chi connectivity index (χ1n) is 8.74. The second-order valence-corrected chi connectivity index (χ2v) is 6.95. The lowest BCUT2D eigenvalue weighted by atomic mass is 10.1. The molecule has 2 rings (SSSR count). The zero-order valence-corrected chi connectivity index (χ0v) is 19.1. The largest absolute Gasteiger partial charge is 0.573 e. The van der Waals surface area contributed by atoms with Gasteiger partial charge in [-0.2, -0.15) is 0 Å². The summed E-state index contributed by atoms with van der Waals surface area (Å²) in [5.74, 6) is 0.213. The van der Waals surface area contributed by atoms with Gasteiger partial charge in [0.1, 0.15) is 5.75 Å². The Balaban J connectivity index is 0.00000420. The number of aliphatic imine (C=N–C) groups is 1. The fraction of sp³-hybridized carbons (Fsp3) is 0.444. The van der Waals surface area contributed by atoms with Gasteiger partial charge in [0.05, 0.1) is 23.4 Å². The summed E-state index contributed by atoms with van der Waals surface area (Å²) < 4.78 is 40.4. The summed E-state index contributed by atoms with van der Waals surface area (Å²) in [6, 6.07) is 5.09. The monoisotopic (exact) mass is 544 g/mol. The lowest BCUT2D eigenvalue weighted by Gasteiger charge is -2.14. The molecule has 11 heteroatoms. The summed E-state index contributed by atoms with van der Waals surface area (Å²) >= 11 is 1.60. The van der Waals surface area contributed by atoms with E-state index >= 15 is 0 Å². The fourth-order valence-corrected chi connectivity index (χ4v) is 3.00. The van der Waals surface area contributed by atoms with Crippen LogP contribution in [-0.4, -0.2) is 42.0 Å². The van der Waals surface area contributed by atoms with Gasteiger partial charge in [-0.15, -0.1) is 48.5 Å². The molecule has 0 radical (unpaired) electrons. The number of rotatable bonds is 8. The molecule has 6 nitrogen and oxygen atoms in total. The fourth-order valence-electron chi connectivity index (χ4n) is 2.35. The van der Waals surface area contributed by atoms with E-state index in [-0.39, 0.29) is 36.3 Å². The number of aryl methyl sites for hydroxylation is 1. The normalized spacial score (nSPS) is 12.8. The molecule has 0 aliphatic rings. The summed E-state index contributed by atoms with van der Waals surface area (Å²) in [5, 5.41) is 19.5. The van der Waals surface area contributed by atoms with Gasteiger partial charge in [-0.3, -0.25) is 4.99 Å². The highest BCUT2D eigenvalue weighted by atomic mass is 127. The average molecular weight is 544 g/mol. The Morgan fingerprint density at radius 3 is 2.52 bits per heavy atom. The van der Waals surface area contributed by atoms with Gasteiger partial charge in [0.15, 0.2) is 5.96 Å². The van der Waals surface area contributed by atoms with E-state index in [1.807, 2.05) is 19.2 Å². The van der Waals surface area contributed by atoms with Crippen LogP contribution in [0.3, 0.4) is 0 Å². The number of halogens is 4. The van der Waals surface area contributed by atoms with Gasteiger partial charge >= 0.3 is 6.36 Å². The zero-order chi connectivity index (χ0) is 20.6. The van der Waals surface area contributed by atoms with E-state index in [1.165, 1.54) is 12.1 Å². The maximum atomic E-state index is 12.2. The van der Waals surface area contributed by atoms with Crippen molar-refractivity contribution in [2.75, 3.05) is 19.6 Å². The molecule has 0 saturated heterocycles. The van der Waals surface area contributed by atoms with Crippen molar-refractivity contribution in [1.29, 1.82) is 0 Å². The maximum absolute atomic E-state index is 12.2. The van der Waals surface area contributed by atoms with Gasteiger partial charge < -0.3 is 20.5 Å². The quantitative estimate of drug-likeness (QED) is 0.268. The molecular formula is C18H24F3IN4O2S. The number of hydrogen-bond acceptors (Lipinski definition) is 5. The Bertz CT molecular complexity index is 769. The van der Waals surface area contributed by atoms with E-state index in [1.54, 1.807) is 11.3 Å². The smallest absolute Gasteiger partial charge is 0.406 e. The van der Waals surface area contributed by atoms with Crippen molar-refractivity contribution in [3.63, 3.8) is 0 Å². The standard InChI is InChI=1S/C18H23F3N4O2S.HI/c1-3-22-17(23-9-8-14-11-28-12(2)25-14)24-10-16(26)13-4-6-15(7-5-13)27-18(19,20)21;/h4-7,11,16,26H,3,8-10H2,1-2H3,(H2,22,23,24);1H. The molecule has 0 fully saturated rings. The summed E-state index contributed by atoms with van der Waals surface area (Å²) in [6.45, 7) is 5.23. The van der Waals surface area contributed by atoms with Crippen LogP contribution in [0.4, 0.5) is 13.2 Å². The van der Waals surface area contributed by atoms with Crippen LogP contribution in [-0.2, 0) is 6.42 Å². The van der Waals surface area contributed by atoms with Crippen molar-refractivity contribution in [2.24, 2.45) is 4.99 Å². The molecule has 0 bridgehead atoms. The molecule has 1 heterocycles. The van der Waals surface area contributed by atoms with E-state index in [2.05, 4.69) is 25.3 Å². The minimum Gasteiger partial charge on any atom is -0.406 e. The van der Waals surface area contributed by atoms with Crippen LogP contribution in [0.25, 0.3) is 0 Å². The van der Waals surface area contributed by atoms with Gasteiger partial charge in [0.2, 0.25) is 0 Å². The number of ether oxygens (including phenoxy) is 1. The molecular weight excluding hydrogens is 520 g/mol. The highest BCUT2D eigenvalue weighted by molar-refractivity contribution is 14.0. The minimum absolute atomic E-state index is 0. The van der Waals surface area contributed by atoms with Crippen molar-refractivity contribution in [3.8, 4) is 5.75 Å². The van der Waals surface area contributed by atoms with Crippen molar-refractivity contribution >= 4 is 41.3 Å². The van der Waals surface area contributed by atoms with Crippen LogP contribution >= 0.6 is 35.3 Å². The van der Waals surface area contributed by atoms with E-state index in [4.69, 9.17) is 0 Å². The molecule has 162 valence electrons. The van der Waals surface area contributed by atoms with Gasteiger partial charge in [-0.1, -0.05) is 12.1 Å². The molecule has 1 atom stereocenters. The number of thiazole rings is 1. The molecule has 1 aromatic heterocycles. The summed E-state index contributed by atoms with van der Waals surface area (Å²) in [7, 11) is 0. The Morgan fingerprint density at radius 2 is 1.97 bits per heavy atom. The second-order valence-electron chi connectivity index (χ2n) is 5.89. The van der Waals surface area contributed by atoms with Crippen LogP contribution < -0.4 is 15.4 Å². The molecule has 0 saturated carbocycles. The van der Waals surface area contributed by atoms with Crippen molar-refractivity contribution in [1.82, 2.24) is 15.6 Å². The third-order valence-electron chi connectivity index (χ3n) is 3.61. The number of aliphatic hydroxyl groups excluding tert-OH is 1. The number of hydrogen-bond donors (Lipinski definition) is 3. The molecule has 0 aliphatic carbocycles. The van der Waals surface area contributed by atoms with Gasteiger partial charge in [0.25, 0.3) is 0 Å². The Morgan fingerprint density at radius 1 is 1.28 bits per heavy atom. The molecule has 0 aliphatic heterocycles. The third-order valence-corrected chi connectivity index (χ3v) is 4.43. The van der Waals surface area contributed by atoms with Crippen LogP contribution in [0.5, 0.6) is 5.75 Å². The molecule has 3 N–H and O–H groups in total. The Kier molecular flexibility index (Phi) is 10.7. The topological polar surface area (TPSA) is 78.8 Å². The average Bonchev–Trinajstić information content (AvgIpc) is 3.04. The number of nitrogens with one attached hydrogen (secondary N) is 2. The Hall–Kier alpha value is -1.60. The van der Waals surface area contributed by atoms with Gasteiger partial charge in [-0.25, -0.2) is 4.98 Å². The summed E-state index contributed by atoms with van der Waals surface area (Å²) in [5.41, 5.74) is 1.46. The first-order chi connectivity index (χ1) is 13.3. The minimum atomic E-state index is -4.74. The lowest BCUT2D eigenvalue weighted by molar-refractivity contribution is -0.274. The number of aliphatic hydroxyl groups is 1. The first kappa shape index (κ1) is 25.4. The van der Waals surface area contributed by atoms with Crippen molar-refractivity contribution in [3.05, 3.63) is 45.9 Å². The third kappa shape index (κ3) is 9.63. The number of nitrogens with zero attached hydrogens (tertiary/aromatic N) is 2. The first-order valence-corrected chi connectivity index (χ1v) is 9.61. The summed E-state index contributed by atoms with van der Waals surface area (Å²) in [6.07, 6.45) is -4.94. The van der Waals surface area contributed by atoms with Crippen LogP contribution in [0.15, 0.2) is 34.6 Å². The predicted molar refractivity (Wildman–Crippen MR) is 118 cm³/mol. The number of alkyl halides is 3. The highest BCUT2D eigenvalue weighted by Crippen LogP contribution is 2.24. The van der Waals surface area contributed by atoms with Crippen molar-refractivity contribution < 1.29 is 23.0 Å². The molecule has 1 unspecified atom stereocenters. The highest BCUT2D eigenvalue weighted by Gasteiger charge is 2.31. The van der Waals surface area contributed by atoms with Crippen LogP contribution in [0.1, 0.15) is 29.3 Å². The second kappa shape index (κ2) is 12.2. The van der Waals surface area contributed by atoms with E-state index < -0.39 is 12.5 Å². The summed E-state index contributed by atoms with van der Waals surface area (Å²) in [4.78, 5) is 8.72. The molecule has 0 amide bonds. The molecule has 1 aromatic carbocycles. The molecule has 2 aromatic rings. The maximum Gasteiger partial charge on any atom is 0.573 e. The Labute approximate surface area is 188 Å². The lowest BCUT2D eigenvalue weighted by Crippen LogP contribution is -2.38. The van der Waals surface area contributed by atoms with Crippen LogP contribution in [0.2, 0.25) is 0 Å². The van der Waals surface area contributed by atoms with E-state index in [9.17, 15) is 18.3 Å². The predicted octanol–water partition coefficient (Wildman–Crippen LogP) is 3.80. The van der Waals surface area contributed by atoms with Crippen molar-refractivity contribution in [2.45, 2.75) is 32.7 Å². The number of guanidine groups is 1.